The Balaban J connectivity index is 0.000000192. The first-order chi connectivity index (χ1) is 26.3. The Hall–Kier alpha value is -3.24. The van der Waals surface area contributed by atoms with E-state index >= 15 is 0 Å². The van der Waals surface area contributed by atoms with Gasteiger partial charge in [0.15, 0.2) is 0 Å². The van der Waals surface area contributed by atoms with Crippen molar-refractivity contribution in [1.82, 2.24) is 24.8 Å². The number of anilines is 3. The van der Waals surface area contributed by atoms with Crippen LogP contribution in [0.5, 0.6) is 0 Å². The molecule has 9 rings (SSSR count). The summed E-state index contributed by atoms with van der Waals surface area (Å²) in [5.41, 5.74) is 3.83. The second-order valence-corrected chi connectivity index (χ2v) is 18.3. The fraction of sp³-hybridized carbons (Fsp3) is 0.605. The molecule has 3 aromatic rings. The normalized spacial score (nSPS) is 23.3. The largest absolute Gasteiger partial charge is 0.381 e. The van der Waals surface area contributed by atoms with Gasteiger partial charge >= 0.3 is 0 Å². The Labute approximate surface area is 326 Å². The molecule has 2 aromatic heterocycles. The van der Waals surface area contributed by atoms with Gasteiger partial charge < -0.3 is 29.9 Å². The maximum Gasteiger partial charge on any atom is 0.253 e. The lowest BCUT2D eigenvalue weighted by Gasteiger charge is -2.33. The van der Waals surface area contributed by atoms with Crippen molar-refractivity contribution >= 4 is 56.7 Å². The van der Waals surface area contributed by atoms with Gasteiger partial charge in [-0.1, -0.05) is 12.1 Å². The van der Waals surface area contributed by atoms with Gasteiger partial charge in [0.2, 0.25) is 11.2 Å². The number of nitrogens with zero attached hydrogens (tertiary/aromatic N) is 6. The van der Waals surface area contributed by atoms with E-state index in [0.29, 0.717) is 47.8 Å². The van der Waals surface area contributed by atoms with E-state index in [9.17, 15) is 13.2 Å². The highest BCUT2D eigenvalue weighted by Gasteiger charge is 2.32. The number of aromatic nitrogens is 4. The first-order valence-corrected chi connectivity index (χ1v) is 22.4. The number of piperidine rings is 1. The summed E-state index contributed by atoms with van der Waals surface area (Å²) in [5.74, 6) is 4.00. The van der Waals surface area contributed by atoms with Crippen LogP contribution in [-0.2, 0) is 43.9 Å². The van der Waals surface area contributed by atoms with Gasteiger partial charge in [-0.25, -0.2) is 9.97 Å². The van der Waals surface area contributed by atoms with Crippen LogP contribution in [0.3, 0.4) is 0 Å². The second-order valence-electron chi connectivity index (χ2n) is 15.0. The number of rotatable bonds is 8. The summed E-state index contributed by atoms with van der Waals surface area (Å²) in [6.45, 7) is 4.77. The maximum atomic E-state index is 12.7. The lowest BCUT2D eigenvalue weighted by Crippen LogP contribution is -2.35. The van der Waals surface area contributed by atoms with Crippen LogP contribution >= 0.6 is 11.6 Å². The van der Waals surface area contributed by atoms with Gasteiger partial charge in [0.05, 0.1) is 33.0 Å². The molecule has 2 unspecified atom stereocenters. The van der Waals surface area contributed by atoms with E-state index in [0.717, 1.165) is 136 Å². The molecule has 6 aliphatic rings. The molecule has 1 aromatic carbocycles. The first kappa shape index (κ1) is 37.7. The number of carbonyl (C=O) groups excluding carboxylic acids is 1. The lowest BCUT2D eigenvalue weighted by molar-refractivity contribution is 0.0785. The maximum absolute atomic E-state index is 12.7. The highest BCUT2D eigenvalue weighted by atomic mass is 35.5. The number of ether oxygens (including phenoxy) is 2. The van der Waals surface area contributed by atoms with Crippen molar-refractivity contribution < 1.29 is 22.7 Å². The Morgan fingerprint density at radius 2 is 1.30 bits per heavy atom. The van der Waals surface area contributed by atoms with Crippen molar-refractivity contribution in [3.8, 4) is 0 Å². The standard InChI is InChI=1S/C27H35N5O3S.C11H14ClN3O2S/c1-31(22-6-7-22)26(33)20-4-2-18(3-5-20)19-8-13-32(14-9-19)27-29-23-12-17-36(34)24(23)25(30-27)28-21-10-15-35-16-11-21;12-11-14-8-3-6-18(16)9(8)10(15-11)13-7-1-4-17-5-2-7/h2-5,19,21-22H,6-17H2,1H3,(H,28,29,30);7H,1-6H2,(H,13,14,15). The van der Waals surface area contributed by atoms with E-state index in [4.69, 9.17) is 31.0 Å². The Morgan fingerprint density at radius 1 is 0.759 bits per heavy atom. The number of benzene rings is 1. The number of amides is 1. The van der Waals surface area contributed by atoms with Crippen LogP contribution in [0.1, 0.15) is 84.6 Å². The van der Waals surface area contributed by atoms with Gasteiger partial charge in [0.1, 0.15) is 21.4 Å². The quantitative estimate of drug-likeness (QED) is 0.303. The second kappa shape index (κ2) is 16.9. The first-order valence-electron chi connectivity index (χ1n) is 19.4. The van der Waals surface area contributed by atoms with Crippen molar-refractivity contribution in [3.05, 3.63) is 52.1 Å². The molecule has 7 heterocycles. The van der Waals surface area contributed by atoms with E-state index in [-0.39, 0.29) is 11.2 Å². The molecule has 0 spiro atoms. The SMILES string of the molecule is CN(C(=O)c1ccc(C2CCN(c3nc4c(c(NC5CCOCC5)n3)S(=O)CC4)CC2)cc1)C1CC1.O=S1CCc2nc(Cl)nc(NC3CCOCC3)c21. The number of hydrogen-bond acceptors (Lipinski definition) is 12. The molecule has 54 heavy (non-hydrogen) atoms. The number of aryl methyl sites for hydroxylation is 2. The molecule has 3 saturated heterocycles. The van der Waals surface area contributed by atoms with E-state index in [2.05, 4.69) is 37.6 Å². The van der Waals surface area contributed by atoms with Crippen LogP contribution in [0.15, 0.2) is 34.1 Å². The average Bonchev–Trinajstić information content (AvgIpc) is 3.89. The van der Waals surface area contributed by atoms with Crippen LogP contribution in [0.25, 0.3) is 0 Å². The molecule has 1 amide bonds. The molecule has 1 saturated carbocycles. The summed E-state index contributed by atoms with van der Waals surface area (Å²) in [7, 11) is -0.119. The molecule has 0 radical (unpaired) electrons. The molecule has 2 atom stereocenters. The van der Waals surface area contributed by atoms with E-state index < -0.39 is 21.6 Å². The third-order valence-corrected chi connectivity index (χ3v) is 14.4. The smallest absolute Gasteiger partial charge is 0.253 e. The van der Waals surface area contributed by atoms with Crippen molar-refractivity contribution in [2.24, 2.45) is 0 Å². The third kappa shape index (κ3) is 8.59. The van der Waals surface area contributed by atoms with Crippen molar-refractivity contribution in [2.45, 2.75) is 98.0 Å². The zero-order valence-electron chi connectivity index (χ0n) is 30.8. The summed E-state index contributed by atoms with van der Waals surface area (Å²) in [5, 5.41) is 7.15. The van der Waals surface area contributed by atoms with Crippen molar-refractivity contribution in [3.63, 3.8) is 0 Å². The zero-order valence-corrected chi connectivity index (χ0v) is 33.2. The molecule has 0 bridgehead atoms. The summed E-state index contributed by atoms with van der Waals surface area (Å²) >= 11 is 5.91. The fourth-order valence-electron chi connectivity index (χ4n) is 7.90. The number of fused-ring (bicyclic) bond motifs is 2. The van der Waals surface area contributed by atoms with Gasteiger partial charge in [-0.3, -0.25) is 13.2 Å². The Kier molecular flexibility index (Phi) is 11.8. The third-order valence-electron chi connectivity index (χ3n) is 11.3. The molecule has 290 valence electrons. The minimum atomic E-state index is -1.03. The zero-order chi connectivity index (χ0) is 37.2. The van der Waals surface area contributed by atoms with Crippen molar-refractivity contribution in [2.75, 3.05) is 73.6 Å². The Morgan fingerprint density at radius 3 is 1.85 bits per heavy atom. The molecular formula is C38H49ClN8O5S2. The van der Waals surface area contributed by atoms with E-state index in [1.807, 2.05) is 24.1 Å². The van der Waals surface area contributed by atoms with Crippen LogP contribution in [0.2, 0.25) is 5.28 Å². The fourth-order valence-corrected chi connectivity index (χ4v) is 10.7. The number of hydrogen-bond donors (Lipinski definition) is 2. The highest BCUT2D eigenvalue weighted by Crippen LogP contribution is 2.35. The average molecular weight is 797 g/mol. The number of nitrogens with one attached hydrogen (secondary N) is 2. The van der Waals surface area contributed by atoms with E-state index in [1.165, 1.54) is 5.56 Å². The van der Waals surface area contributed by atoms with Crippen LogP contribution in [-0.4, -0.2) is 115 Å². The molecule has 13 nitrogen and oxygen atoms in total. The molecule has 5 aliphatic heterocycles. The summed E-state index contributed by atoms with van der Waals surface area (Å²) in [4.78, 5) is 36.5. The Bertz CT molecular complexity index is 1880. The molecular weight excluding hydrogens is 748 g/mol. The van der Waals surface area contributed by atoms with E-state index in [1.54, 1.807) is 0 Å². The molecule has 4 fully saturated rings. The topological polar surface area (TPSA) is 152 Å². The van der Waals surface area contributed by atoms with Crippen LogP contribution < -0.4 is 15.5 Å². The van der Waals surface area contributed by atoms with Gasteiger partial charge in [-0.15, -0.1) is 0 Å². The predicted octanol–water partition coefficient (Wildman–Crippen LogP) is 4.73. The molecule has 2 N–H and O–H groups in total. The van der Waals surface area contributed by atoms with Gasteiger partial charge in [-0.05, 0) is 86.6 Å². The van der Waals surface area contributed by atoms with Crippen molar-refractivity contribution in [1.29, 1.82) is 0 Å². The molecule has 1 aliphatic carbocycles. The lowest BCUT2D eigenvalue weighted by atomic mass is 9.89. The number of halogens is 1. The minimum Gasteiger partial charge on any atom is -0.381 e. The summed E-state index contributed by atoms with van der Waals surface area (Å²) < 4.78 is 35.5. The van der Waals surface area contributed by atoms with Crippen LogP contribution in [0, 0.1) is 0 Å². The van der Waals surface area contributed by atoms with Gasteiger partial charge in [0, 0.05) is 94.6 Å². The predicted molar refractivity (Wildman–Crippen MR) is 210 cm³/mol. The number of carbonyl (C=O) groups is 1. The monoisotopic (exact) mass is 796 g/mol. The van der Waals surface area contributed by atoms with Gasteiger partial charge in [0.25, 0.3) is 5.91 Å². The minimum absolute atomic E-state index is 0.124. The van der Waals surface area contributed by atoms with Gasteiger partial charge in [-0.2, -0.15) is 9.97 Å². The summed E-state index contributed by atoms with van der Waals surface area (Å²) in [6, 6.07) is 9.27. The molecule has 16 heteroatoms. The van der Waals surface area contributed by atoms with Crippen LogP contribution in [0.4, 0.5) is 17.6 Å². The summed E-state index contributed by atoms with van der Waals surface area (Å²) in [6.07, 6.45) is 9.49. The highest BCUT2D eigenvalue weighted by molar-refractivity contribution is 7.85.